The molecule has 4 heteroatoms. The Morgan fingerprint density at radius 1 is 1.33 bits per heavy atom. The fourth-order valence-corrected chi connectivity index (χ4v) is 1.90. The SMILES string of the molecule is CC(C)CNCc1cnc(N(C)C(C)C)c(Cl)c1. The van der Waals surface area contributed by atoms with Crippen LogP contribution in [0, 0.1) is 5.92 Å². The van der Waals surface area contributed by atoms with E-state index in [1.807, 2.05) is 19.3 Å². The molecule has 1 heterocycles. The van der Waals surface area contributed by atoms with Crippen LogP contribution in [0.25, 0.3) is 0 Å². The van der Waals surface area contributed by atoms with Crippen LogP contribution in [-0.4, -0.2) is 24.6 Å². The summed E-state index contributed by atoms with van der Waals surface area (Å²) in [4.78, 5) is 6.53. The first-order valence-corrected chi connectivity index (χ1v) is 6.87. The predicted molar refractivity (Wildman–Crippen MR) is 79.3 cm³/mol. The van der Waals surface area contributed by atoms with E-state index in [0.29, 0.717) is 12.0 Å². The summed E-state index contributed by atoms with van der Waals surface area (Å²) < 4.78 is 0. The number of pyridine rings is 1. The number of halogens is 1. The Morgan fingerprint density at radius 2 is 2.00 bits per heavy atom. The van der Waals surface area contributed by atoms with E-state index < -0.39 is 0 Å². The highest BCUT2D eigenvalue weighted by atomic mass is 35.5. The summed E-state index contributed by atoms with van der Waals surface area (Å²) in [6, 6.07) is 2.38. The van der Waals surface area contributed by atoms with Crippen LogP contribution >= 0.6 is 11.6 Å². The van der Waals surface area contributed by atoms with Crippen molar-refractivity contribution >= 4 is 17.4 Å². The molecule has 0 saturated heterocycles. The molecule has 1 N–H and O–H groups in total. The van der Waals surface area contributed by atoms with E-state index in [-0.39, 0.29) is 0 Å². The summed E-state index contributed by atoms with van der Waals surface area (Å²) in [5, 5.41) is 4.11. The van der Waals surface area contributed by atoms with Crippen molar-refractivity contribution in [3.8, 4) is 0 Å². The second-order valence-electron chi connectivity index (χ2n) is 5.38. The molecule has 3 nitrogen and oxygen atoms in total. The fourth-order valence-electron chi connectivity index (χ4n) is 1.58. The minimum Gasteiger partial charge on any atom is -0.356 e. The van der Waals surface area contributed by atoms with Gasteiger partial charge in [-0.3, -0.25) is 0 Å². The molecule has 0 fully saturated rings. The van der Waals surface area contributed by atoms with Crippen molar-refractivity contribution in [2.75, 3.05) is 18.5 Å². The van der Waals surface area contributed by atoms with Crippen molar-refractivity contribution in [2.24, 2.45) is 5.92 Å². The molecule has 0 amide bonds. The second-order valence-corrected chi connectivity index (χ2v) is 5.79. The molecule has 0 atom stereocenters. The first kappa shape index (κ1) is 15.3. The summed E-state index contributed by atoms with van der Waals surface area (Å²) >= 11 is 6.28. The van der Waals surface area contributed by atoms with Crippen LogP contribution in [0.1, 0.15) is 33.3 Å². The van der Waals surface area contributed by atoms with Gasteiger partial charge in [-0.25, -0.2) is 4.98 Å². The number of aromatic nitrogens is 1. The molecule has 0 bridgehead atoms. The lowest BCUT2D eigenvalue weighted by Gasteiger charge is -2.23. The molecule has 1 rings (SSSR count). The van der Waals surface area contributed by atoms with Crippen LogP contribution < -0.4 is 10.2 Å². The van der Waals surface area contributed by atoms with Gasteiger partial charge in [-0.15, -0.1) is 0 Å². The highest BCUT2D eigenvalue weighted by molar-refractivity contribution is 6.33. The van der Waals surface area contributed by atoms with Gasteiger partial charge in [-0.1, -0.05) is 25.4 Å². The number of nitrogens with one attached hydrogen (secondary N) is 1. The first-order chi connectivity index (χ1) is 8.41. The molecule has 0 unspecified atom stereocenters. The Bertz CT molecular complexity index is 377. The van der Waals surface area contributed by atoms with Crippen molar-refractivity contribution < 1.29 is 0 Å². The molecule has 0 saturated carbocycles. The van der Waals surface area contributed by atoms with E-state index in [0.717, 1.165) is 29.5 Å². The third kappa shape index (κ3) is 4.46. The zero-order valence-electron chi connectivity index (χ0n) is 12.0. The quantitative estimate of drug-likeness (QED) is 0.859. The van der Waals surface area contributed by atoms with E-state index >= 15 is 0 Å². The molecule has 0 aliphatic heterocycles. The van der Waals surface area contributed by atoms with Crippen LogP contribution in [0.2, 0.25) is 5.02 Å². The minimum atomic E-state index is 0.389. The molecule has 1 aromatic heterocycles. The van der Waals surface area contributed by atoms with Crippen LogP contribution in [0.4, 0.5) is 5.82 Å². The molecule has 1 aromatic rings. The molecular formula is C14H24ClN3. The van der Waals surface area contributed by atoms with E-state index in [1.165, 1.54) is 0 Å². The van der Waals surface area contributed by atoms with Crippen molar-refractivity contribution in [1.82, 2.24) is 10.3 Å². The van der Waals surface area contributed by atoms with Crippen LogP contribution in [0.5, 0.6) is 0 Å². The zero-order valence-corrected chi connectivity index (χ0v) is 12.8. The summed E-state index contributed by atoms with van der Waals surface area (Å²) in [5.41, 5.74) is 1.13. The molecule has 102 valence electrons. The zero-order chi connectivity index (χ0) is 13.7. The first-order valence-electron chi connectivity index (χ1n) is 6.49. The second kappa shape index (κ2) is 6.95. The third-order valence-electron chi connectivity index (χ3n) is 2.87. The Labute approximate surface area is 116 Å². The van der Waals surface area contributed by atoms with Gasteiger partial charge >= 0.3 is 0 Å². The fraction of sp³-hybridized carbons (Fsp3) is 0.643. The molecule has 0 radical (unpaired) electrons. The van der Waals surface area contributed by atoms with E-state index in [9.17, 15) is 0 Å². The van der Waals surface area contributed by atoms with Crippen molar-refractivity contribution in [3.63, 3.8) is 0 Å². The molecule has 0 aliphatic rings. The predicted octanol–water partition coefficient (Wildman–Crippen LogP) is 3.33. The van der Waals surface area contributed by atoms with E-state index in [1.54, 1.807) is 0 Å². The molecule has 0 aliphatic carbocycles. The highest BCUT2D eigenvalue weighted by Crippen LogP contribution is 2.24. The summed E-state index contributed by atoms with van der Waals surface area (Å²) in [7, 11) is 2.01. The summed E-state index contributed by atoms with van der Waals surface area (Å²) in [6.07, 6.45) is 1.90. The molecule has 0 spiro atoms. The average molecular weight is 270 g/mol. The molecule has 18 heavy (non-hydrogen) atoms. The number of nitrogens with zero attached hydrogens (tertiary/aromatic N) is 2. The highest BCUT2D eigenvalue weighted by Gasteiger charge is 2.11. The lowest BCUT2D eigenvalue weighted by Crippen LogP contribution is -2.27. The monoisotopic (exact) mass is 269 g/mol. The van der Waals surface area contributed by atoms with E-state index in [4.69, 9.17) is 11.6 Å². The maximum atomic E-state index is 6.28. The lowest BCUT2D eigenvalue weighted by atomic mass is 10.2. The summed E-state index contributed by atoms with van der Waals surface area (Å²) in [6.45, 7) is 10.5. The van der Waals surface area contributed by atoms with Gasteiger partial charge in [-0.05, 0) is 37.9 Å². The Kier molecular flexibility index (Phi) is 5.89. The number of anilines is 1. The van der Waals surface area contributed by atoms with E-state index in [2.05, 4.69) is 42.9 Å². The van der Waals surface area contributed by atoms with Crippen LogP contribution in [-0.2, 0) is 6.54 Å². The van der Waals surface area contributed by atoms with Gasteiger partial charge in [0.05, 0.1) is 5.02 Å². The van der Waals surface area contributed by atoms with Crippen LogP contribution in [0.3, 0.4) is 0 Å². The van der Waals surface area contributed by atoms with Gasteiger partial charge in [0.2, 0.25) is 0 Å². The van der Waals surface area contributed by atoms with Gasteiger partial charge < -0.3 is 10.2 Å². The number of rotatable bonds is 6. The smallest absolute Gasteiger partial charge is 0.147 e. The van der Waals surface area contributed by atoms with Gasteiger partial charge in [-0.2, -0.15) is 0 Å². The number of hydrogen-bond donors (Lipinski definition) is 1. The number of hydrogen-bond acceptors (Lipinski definition) is 3. The standard InChI is InChI=1S/C14H24ClN3/c1-10(2)7-16-8-12-6-13(15)14(17-9-12)18(5)11(3)4/h6,9-11,16H,7-8H2,1-5H3. The molecule has 0 aromatic carbocycles. The third-order valence-corrected chi connectivity index (χ3v) is 3.15. The topological polar surface area (TPSA) is 28.2 Å². The molecular weight excluding hydrogens is 246 g/mol. The Balaban J connectivity index is 2.67. The Morgan fingerprint density at radius 3 is 2.50 bits per heavy atom. The van der Waals surface area contributed by atoms with Crippen molar-refractivity contribution in [1.29, 1.82) is 0 Å². The maximum absolute atomic E-state index is 6.28. The minimum absolute atomic E-state index is 0.389. The van der Waals surface area contributed by atoms with Gasteiger partial charge in [0.1, 0.15) is 5.82 Å². The maximum Gasteiger partial charge on any atom is 0.147 e. The summed E-state index contributed by atoms with van der Waals surface area (Å²) in [5.74, 6) is 1.50. The lowest BCUT2D eigenvalue weighted by molar-refractivity contribution is 0.552. The van der Waals surface area contributed by atoms with Crippen molar-refractivity contribution in [3.05, 3.63) is 22.8 Å². The largest absolute Gasteiger partial charge is 0.356 e. The Hall–Kier alpha value is -0.800. The van der Waals surface area contributed by atoms with Crippen molar-refractivity contribution in [2.45, 2.75) is 40.3 Å². The normalized spacial score (nSPS) is 11.3. The average Bonchev–Trinajstić information content (AvgIpc) is 2.27. The van der Waals surface area contributed by atoms with Gasteiger partial charge in [0, 0.05) is 25.8 Å². The van der Waals surface area contributed by atoms with Gasteiger partial charge in [0.15, 0.2) is 0 Å². The van der Waals surface area contributed by atoms with Crippen LogP contribution in [0.15, 0.2) is 12.3 Å². The van der Waals surface area contributed by atoms with Gasteiger partial charge in [0.25, 0.3) is 0 Å².